The zero-order valence-corrected chi connectivity index (χ0v) is 8.55. The van der Waals surface area contributed by atoms with Crippen molar-refractivity contribution in [3.8, 4) is 0 Å². The molecule has 16 heavy (non-hydrogen) atoms. The van der Waals surface area contributed by atoms with E-state index in [4.69, 9.17) is 0 Å². The van der Waals surface area contributed by atoms with E-state index in [0.29, 0.717) is 17.6 Å². The molecule has 0 aliphatic heterocycles. The summed E-state index contributed by atoms with van der Waals surface area (Å²) in [6, 6.07) is 2.88. The van der Waals surface area contributed by atoms with Gasteiger partial charge in [-0.15, -0.1) is 5.10 Å². The van der Waals surface area contributed by atoms with Gasteiger partial charge in [-0.3, -0.25) is 4.98 Å². The van der Waals surface area contributed by atoms with Crippen LogP contribution in [0.25, 0.3) is 16.7 Å². The summed E-state index contributed by atoms with van der Waals surface area (Å²) in [6.07, 6.45) is 2.23. The Kier molecular flexibility index (Phi) is 1.82. The highest BCUT2D eigenvalue weighted by atomic mass is 19.1. The van der Waals surface area contributed by atoms with Crippen LogP contribution in [0, 0.1) is 5.82 Å². The molecule has 3 rings (SSSR count). The number of fused-ring (bicyclic) bond motifs is 3. The maximum atomic E-state index is 13.3. The van der Waals surface area contributed by atoms with Gasteiger partial charge in [-0.1, -0.05) is 6.92 Å². The Labute approximate surface area is 89.9 Å². The maximum Gasteiger partial charge on any atom is 0.198 e. The molecule has 1 aromatic carbocycles. The van der Waals surface area contributed by atoms with Gasteiger partial charge < -0.3 is 0 Å². The fourth-order valence-electron chi connectivity index (χ4n) is 1.81. The second kappa shape index (κ2) is 3.19. The molecule has 0 N–H and O–H groups in total. The fourth-order valence-corrected chi connectivity index (χ4v) is 1.81. The first kappa shape index (κ1) is 9.14. The quantitative estimate of drug-likeness (QED) is 0.617. The highest BCUT2D eigenvalue weighted by Gasteiger charge is 2.09. The molecule has 2 aromatic heterocycles. The van der Waals surface area contributed by atoms with Crippen LogP contribution in [0.5, 0.6) is 0 Å². The molecule has 0 amide bonds. The van der Waals surface area contributed by atoms with E-state index >= 15 is 0 Å². The number of benzene rings is 1. The van der Waals surface area contributed by atoms with Gasteiger partial charge >= 0.3 is 0 Å². The first-order valence-electron chi connectivity index (χ1n) is 4.95. The summed E-state index contributed by atoms with van der Waals surface area (Å²) in [6.45, 7) is 1.96. The summed E-state index contributed by atoms with van der Waals surface area (Å²) in [5.74, 6) is -0.288. The standard InChI is InChI=1S/C10H8FN5/c1-2-6-3-7(11)4-8-10(6)16-9(5-12-8)13-14-15-16/h3-5H,2H2,1H3. The molecule has 0 unspecified atom stereocenters. The lowest BCUT2D eigenvalue weighted by molar-refractivity contribution is 0.627. The molecule has 5 nitrogen and oxygen atoms in total. The molecule has 0 radical (unpaired) electrons. The van der Waals surface area contributed by atoms with Crippen LogP contribution in [0.15, 0.2) is 18.3 Å². The molecule has 2 heterocycles. The van der Waals surface area contributed by atoms with Crippen LogP contribution in [0.1, 0.15) is 12.5 Å². The first-order chi connectivity index (χ1) is 7.79. The molecule has 0 spiro atoms. The van der Waals surface area contributed by atoms with Crippen molar-refractivity contribution >= 4 is 16.7 Å². The second-order valence-electron chi connectivity index (χ2n) is 3.49. The number of hydrogen-bond acceptors (Lipinski definition) is 4. The highest BCUT2D eigenvalue weighted by molar-refractivity contribution is 5.80. The smallest absolute Gasteiger partial charge is 0.198 e. The van der Waals surface area contributed by atoms with E-state index in [1.807, 2.05) is 6.92 Å². The maximum absolute atomic E-state index is 13.3. The van der Waals surface area contributed by atoms with Gasteiger partial charge in [-0.05, 0) is 28.5 Å². The van der Waals surface area contributed by atoms with E-state index in [1.54, 1.807) is 4.52 Å². The van der Waals surface area contributed by atoms with E-state index in [-0.39, 0.29) is 5.82 Å². The Balaban J connectivity index is 2.56. The third-order valence-electron chi connectivity index (χ3n) is 2.54. The van der Waals surface area contributed by atoms with Crippen LogP contribution in [0.2, 0.25) is 0 Å². The highest BCUT2D eigenvalue weighted by Crippen LogP contribution is 2.19. The van der Waals surface area contributed by atoms with Crippen LogP contribution >= 0.6 is 0 Å². The predicted octanol–water partition coefficient (Wildman–Crippen LogP) is 1.37. The molecule has 0 bridgehead atoms. The van der Waals surface area contributed by atoms with Crippen LogP contribution in [0.4, 0.5) is 4.39 Å². The Morgan fingerprint density at radius 1 is 1.38 bits per heavy atom. The van der Waals surface area contributed by atoms with E-state index in [1.165, 1.54) is 18.3 Å². The molecular formula is C10H8FN5. The molecule has 0 atom stereocenters. The fraction of sp³-hybridized carbons (Fsp3) is 0.200. The SMILES string of the molecule is CCc1cc(F)cc2ncc3nnnn3c12. The lowest BCUT2D eigenvalue weighted by atomic mass is 10.1. The zero-order valence-electron chi connectivity index (χ0n) is 8.55. The molecule has 0 aliphatic rings. The summed E-state index contributed by atoms with van der Waals surface area (Å²) in [5.41, 5.74) is 2.75. The van der Waals surface area contributed by atoms with Crippen LogP contribution < -0.4 is 0 Å². The molecule has 80 valence electrons. The van der Waals surface area contributed by atoms with Gasteiger partial charge in [-0.25, -0.2) is 4.39 Å². The van der Waals surface area contributed by atoms with Crippen LogP contribution in [-0.2, 0) is 6.42 Å². The Morgan fingerprint density at radius 3 is 3.06 bits per heavy atom. The van der Waals surface area contributed by atoms with Gasteiger partial charge in [0.25, 0.3) is 0 Å². The molecule has 0 fully saturated rings. The van der Waals surface area contributed by atoms with Crippen molar-refractivity contribution in [2.45, 2.75) is 13.3 Å². The summed E-state index contributed by atoms with van der Waals surface area (Å²) in [5, 5.41) is 11.3. The first-order valence-corrected chi connectivity index (χ1v) is 4.95. The van der Waals surface area contributed by atoms with Crippen molar-refractivity contribution in [1.82, 2.24) is 25.0 Å². The number of nitrogens with zero attached hydrogens (tertiary/aromatic N) is 5. The number of tetrazole rings is 1. The monoisotopic (exact) mass is 217 g/mol. The number of halogens is 1. The van der Waals surface area contributed by atoms with E-state index in [9.17, 15) is 4.39 Å². The van der Waals surface area contributed by atoms with E-state index in [0.717, 1.165) is 11.1 Å². The number of hydrogen-bond donors (Lipinski definition) is 0. The third-order valence-corrected chi connectivity index (χ3v) is 2.54. The lowest BCUT2D eigenvalue weighted by Gasteiger charge is -2.04. The van der Waals surface area contributed by atoms with Gasteiger partial charge in [-0.2, -0.15) is 4.52 Å². The van der Waals surface area contributed by atoms with Crippen molar-refractivity contribution in [2.75, 3.05) is 0 Å². The minimum Gasteiger partial charge on any atom is -0.250 e. The van der Waals surface area contributed by atoms with Gasteiger partial charge in [0.15, 0.2) is 5.65 Å². The Morgan fingerprint density at radius 2 is 2.25 bits per heavy atom. The molecule has 0 saturated heterocycles. The van der Waals surface area contributed by atoms with Crippen molar-refractivity contribution in [1.29, 1.82) is 0 Å². The molecule has 3 aromatic rings. The number of rotatable bonds is 1. The Bertz CT molecular complexity index is 675. The van der Waals surface area contributed by atoms with Gasteiger partial charge in [0.2, 0.25) is 0 Å². The number of aromatic nitrogens is 5. The largest absolute Gasteiger partial charge is 0.250 e. The Hall–Kier alpha value is -2.11. The minimum atomic E-state index is -0.288. The molecular weight excluding hydrogens is 209 g/mol. The number of aryl methyl sites for hydroxylation is 1. The molecule has 0 aliphatic carbocycles. The van der Waals surface area contributed by atoms with Crippen LogP contribution in [0.3, 0.4) is 0 Å². The van der Waals surface area contributed by atoms with Gasteiger partial charge in [0, 0.05) is 6.07 Å². The zero-order chi connectivity index (χ0) is 11.1. The lowest BCUT2D eigenvalue weighted by Crippen LogP contribution is -1.98. The van der Waals surface area contributed by atoms with Crippen LogP contribution in [-0.4, -0.2) is 25.0 Å². The van der Waals surface area contributed by atoms with Crippen molar-refractivity contribution in [3.63, 3.8) is 0 Å². The molecule has 6 heteroatoms. The summed E-state index contributed by atoms with van der Waals surface area (Å²) in [4.78, 5) is 4.15. The van der Waals surface area contributed by atoms with Crippen molar-refractivity contribution in [3.05, 3.63) is 29.7 Å². The topological polar surface area (TPSA) is 56.0 Å². The van der Waals surface area contributed by atoms with Crippen molar-refractivity contribution < 1.29 is 4.39 Å². The van der Waals surface area contributed by atoms with Gasteiger partial charge in [0.1, 0.15) is 5.82 Å². The average molecular weight is 217 g/mol. The molecule has 0 saturated carbocycles. The van der Waals surface area contributed by atoms with E-state index < -0.39 is 0 Å². The summed E-state index contributed by atoms with van der Waals surface area (Å²) < 4.78 is 14.9. The second-order valence-corrected chi connectivity index (χ2v) is 3.49. The minimum absolute atomic E-state index is 0.288. The predicted molar refractivity (Wildman–Crippen MR) is 55.4 cm³/mol. The normalized spacial score (nSPS) is 11.4. The van der Waals surface area contributed by atoms with Crippen molar-refractivity contribution in [2.24, 2.45) is 0 Å². The summed E-state index contributed by atoms with van der Waals surface area (Å²) >= 11 is 0. The van der Waals surface area contributed by atoms with Gasteiger partial charge in [0.05, 0.1) is 17.2 Å². The van der Waals surface area contributed by atoms with E-state index in [2.05, 4.69) is 20.5 Å². The average Bonchev–Trinajstić information content (AvgIpc) is 2.75. The third kappa shape index (κ3) is 1.16. The summed E-state index contributed by atoms with van der Waals surface area (Å²) in [7, 11) is 0.